The predicted molar refractivity (Wildman–Crippen MR) is 45.2 cm³/mol. The SMILES string of the molecule is COCCN1CCNCS1(=O)=O. The van der Waals surface area contributed by atoms with E-state index in [1.807, 2.05) is 0 Å². The molecule has 5 nitrogen and oxygen atoms in total. The molecule has 0 bridgehead atoms. The fraction of sp³-hybridized carbons (Fsp3) is 1.00. The highest BCUT2D eigenvalue weighted by atomic mass is 32.2. The van der Waals surface area contributed by atoms with Crippen LogP contribution in [-0.2, 0) is 14.8 Å². The third kappa shape index (κ3) is 2.41. The molecule has 1 rings (SSSR count). The van der Waals surface area contributed by atoms with E-state index in [4.69, 9.17) is 4.74 Å². The minimum atomic E-state index is -3.05. The fourth-order valence-corrected chi connectivity index (χ4v) is 2.39. The molecule has 1 N–H and O–H groups in total. The first-order chi connectivity index (χ1) is 5.67. The van der Waals surface area contributed by atoms with Gasteiger partial charge in [0, 0.05) is 26.7 Å². The van der Waals surface area contributed by atoms with E-state index >= 15 is 0 Å². The van der Waals surface area contributed by atoms with Crippen LogP contribution in [0.1, 0.15) is 0 Å². The first-order valence-corrected chi connectivity index (χ1v) is 5.45. The normalized spacial score (nSPS) is 24.1. The standard InChI is InChI=1S/C6H14N2O3S/c1-11-5-4-8-3-2-7-6-12(8,9)10/h7H,2-6H2,1H3. The van der Waals surface area contributed by atoms with Gasteiger partial charge in [0.05, 0.1) is 6.61 Å². The molecule has 1 aliphatic heterocycles. The van der Waals surface area contributed by atoms with Crippen LogP contribution in [-0.4, -0.2) is 52.0 Å². The highest BCUT2D eigenvalue weighted by Crippen LogP contribution is 2.02. The summed E-state index contributed by atoms with van der Waals surface area (Å²) in [5, 5.41) is 2.81. The molecule has 0 aromatic rings. The van der Waals surface area contributed by atoms with Gasteiger partial charge >= 0.3 is 0 Å². The number of hydrogen-bond acceptors (Lipinski definition) is 4. The average Bonchev–Trinajstić information content (AvgIpc) is 2.02. The lowest BCUT2D eigenvalue weighted by Gasteiger charge is -2.26. The van der Waals surface area contributed by atoms with Crippen LogP contribution in [0.15, 0.2) is 0 Å². The van der Waals surface area contributed by atoms with Gasteiger partial charge in [-0.1, -0.05) is 0 Å². The molecule has 1 saturated heterocycles. The van der Waals surface area contributed by atoms with Crippen molar-refractivity contribution in [3.8, 4) is 0 Å². The van der Waals surface area contributed by atoms with E-state index in [-0.39, 0.29) is 5.88 Å². The summed E-state index contributed by atoms with van der Waals surface area (Å²) in [6, 6.07) is 0. The molecule has 0 aromatic carbocycles. The lowest BCUT2D eigenvalue weighted by Crippen LogP contribution is -2.48. The molecule has 0 radical (unpaired) electrons. The fourth-order valence-electron chi connectivity index (χ4n) is 1.08. The highest BCUT2D eigenvalue weighted by Gasteiger charge is 2.24. The van der Waals surface area contributed by atoms with Crippen molar-refractivity contribution >= 4 is 10.0 Å². The first kappa shape index (κ1) is 9.91. The molecular weight excluding hydrogens is 180 g/mol. The quantitative estimate of drug-likeness (QED) is 0.615. The van der Waals surface area contributed by atoms with Crippen molar-refractivity contribution < 1.29 is 13.2 Å². The molecule has 0 unspecified atom stereocenters. The van der Waals surface area contributed by atoms with Crippen LogP contribution >= 0.6 is 0 Å². The number of nitrogens with zero attached hydrogens (tertiary/aromatic N) is 1. The van der Waals surface area contributed by atoms with E-state index in [1.165, 1.54) is 4.31 Å². The summed E-state index contributed by atoms with van der Waals surface area (Å²) < 4.78 is 28.9. The summed E-state index contributed by atoms with van der Waals surface area (Å²) in [5.41, 5.74) is 0. The van der Waals surface area contributed by atoms with Gasteiger partial charge in [0.1, 0.15) is 5.88 Å². The molecule has 0 aromatic heterocycles. The first-order valence-electron chi connectivity index (χ1n) is 3.84. The summed E-state index contributed by atoms with van der Waals surface area (Å²) in [6.45, 7) is 2.19. The molecule has 0 atom stereocenters. The summed E-state index contributed by atoms with van der Waals surface area (Å²) in [5.74, 6) is 0.0523. The minimum absolute atomic E-state index is 0.0523. The van der Waals surface area contributed by atoms with Crippen LogP contribution in [0.25, 0.3) is 0 Å². The Balaban J connectivity index is 2.49. The maximum absolute atomic E-state index is 11.3. The van der Waals surface area contributed by atoms with Gasteiger partial charge in [0.15, 0.2) is 0 Å². The van der Waals surface area contributed by atoms with Crippen LogP contribution in [0.2, 0.25) is 0 Å². The van der Waals surface area contributed by atoms with E-state index in [0.29, 0.717) is 19.7 Å². The van der Waals surface area contributed by atoms with Crippen molar-refractivity contribution in [3.63, 3.8) is 0 Å². The van der Waals surface area contributed by atoms with Crippen molar-refractivity contribution in [1.82, 2.24) is 9.62 Å². The summed E-state index contributed by atoms with van der Waals surface area (Å²) >= 11 is 0. The van der Waals surface area contributed by atoms with E-state index < -0.39 is 10.0 Å². The third-order valence-corrected chi connectivity index (χ3v) is 3.48. The van der Waals surface area contributed by atoms with E-state index in [2.05, 4.69) is 5.32 Å². The number of rotatable bonds is 3. The molecule has 0 aliphatic carbocycles. The maximum Gasteiger partial charge on any atom is 0.227 e. The van der Waals surface area contributed by atoms with Crippen LogP contribution in [0, 0.1) is 0 Å². The summed E-state index contributed by atoms with van der Waals surface area (Å²) in [4.78, 5) is 0. The molecule has 6 heteroatoms. The Morgan fingerprint density at radius 2 is 2.33 bits per heavy atom. The topological polar surface area (TPSA) is 58.6 Å². The molecule has 1 fully saturated rings. The molecule has 0 spiro atoms. The van der Waals surface area contributed by atoms with Crippen LogP contribution in [0.4, 0.5) is 0 Å². The van der Waals surface area contributed by atoms with Crippen molar-refractivity contribution in [2.75, 3.05) is 39.2 Å². The minimum Gasteiger partial charge on any atom is -0.383 e. The van der Waals surface area contributed by atoms with E-state index in [0.717, 1.165) is 6.54 Å². The molecule has 1 heterocycles. The van der Waals surface area contributed by atoms with Crippen molar-refractivity contribution in [1.29, 1.82) is 0 Å². The van der Waals surface area contributed by atoms with Crippen LogP contribution in [0.5, 0.6) is 0 Å². The predicted octanol–water partition coefficient (Wildman–Crippen LogP) is -1.17. The average molecular weight is 194 g/mol. The van der Waals surface area contributed by atoms with Gasteiger partial charge in [-0.3, -0.25) is 0 Å². The Hall–Kier alpha value is -0.170. The number of ether oxygens (including phenoxy) is 1. The molecule has 0 amide bonds. The zero-order chi connectivity index (χ0) is 9.03. The van der Waals surface area contributed by atoms with Gasteiger partial charge in [-0.2, -0.15) is 4.31 Å². The van der Waals surface area contributed by atoms with Crippen molar-refractivity contribution in [3.05, 3.63) is 0 Å². The summed E-state index contributed by atoms with van der Waals surface area (Å²) in [7, 11) is -1.49. The Morgan fingerprint density at radius 3 is 2.92 bits per heavy atom. The number of nitrogens with one attached hydrogen (secondary N) is 1. The second-order valence-electron chi connectivity index (χ2n) is 2.65. The zero-order valence-corrected chi connectivity index (χ0v) is 7.93. The lowest BCUT2D eigenvalue weighted by atomic mass is 10.6. The molecule has 0 saturated carbocycles. The second kappa shape index (κ2) is 4.18. The monoisotopic (exact) mass is 194 g/mol. The van der Waals surface area contributed by atoms with Crippen molar-refractivity contribution in [2.24, 2.45) is 0 Å². The van der Waals surface area contributed by atoms with Gasteiger partial charge < -0.3 is 10.1 Å². The zero-order valence-electron chi connectivity index (χ0n) is 7.12. The molecule has 72 valence electrons. The van der Waals surface area contributed by atoms with Gasteiger partial charge in [0.2, 0.25) is 10.0 Å². The van der Waals surface area contributed by atoms with Crippen LogP contribution < -0.4 is 5.32 Å². The third-order valence-electron chi connectivity index (χ3n) is 1.76. The van der Waals surface area contributed by atoms with Gasteiger partial charge in [-0.25, -0.2) is 8.42 Å². The van der Waals surface area contributed by atoms with E-state index in [1.54, 1.807) is 7.11 Å². The lowest BCUT2D eigenvalue weighted by molar-refractivity contribution is 0.177. The second-order valence-corrected chi connectivity index (χ2v) is 4.62. The van der Waals surface area contributed by atoms with Crippen molar-refractivity contribution in [2.45, 2.75) is 0 Å². The van der Waals surface area contributed by atoms with E-state index in [9.17, 15) is 8.42 Å². The van der Waals surface area contributed by atoms with Gasteiger partial charge in [-0.05, 0) is 0 Å². The van der Waals surface area contributed by atoms with Gasteiger partial charge in [-0.15, -0.1) is 0 Å². The number of hydrogen-bond donors (Lipinski definition) is 1. The largest absolute Gasteiger partial charge is 0.383 e. The maximum atomic E-state index is 11.3. The molecule has 12 heavy (non-hydrogen) atoms. The number of sulfonamides is 1. The van der Waals surface area contributed by atoms with Crippen LogP contribution in [0.3, 0.4) is 0 Å². The highest BCUT2D eigenvalue weighted by molar-refractivity contribution is 7.89. The number of methoxy groups -OCH3 is 1. The Kier molecular flexibility index (Phi) is 3.45. The Labute approximate surface area is 72.7 Å². The summed E-state index contributed by atoms with van der Waals surface area (Å²) in [6.07, 6.45) is 0. The van der Waals surface area contributed by atoms with Gasteiger partial charge in [0.25, 0.3) is 0 Å². The molecular formula is C6H14N2O3S. The Bertz CT molecular complexity index is 227. The smallest absolute Gasteiger partial charge is 0.227 e. The Morgan fingerprint density at radius 1 is 1.58 bits per heavy atom. The molecule has 1 aliphatic rings.